The number of halogens is 1. The summed E-state index contributed by atoms with van der Waals surface area (Å²) in [5, 5.41) is 7.82. The topological polar surface area (TPSA) is 61.8 Å². The Morgan fingerprint density at radius 2 is 1.96 bits per heavy atom. The summed E-state index contributed by atoms with van der Waals surface area (Å²) in [4.78, 5) is 13.1. The minimum absolute atomic E-state index is 0. The number of thiazole rings is 1. The van der Waals surface area contributed by atoms with Crippen LogP contribution in [0.1, 0.15) is 17.5 Å². The number of ether oxygens (including phenoxy) is 1. The number of rotatable bonds is 7. The van der Waals surface area contributed by atoms with Gasteiger partial charge in [0.1, 0.15) is 5.01 Å². The predicted octanol–water partition coefficient (Wildman–Crippen LogP) is 3.12. The fourth-order valence-electron chi connectivity index (χ4n) is 2.93. The monoisotopic (exact) mass is 515 g/mol. The Balaban J connectivity index is 0.00000280. The summed E-state index contributed by atoms with van der Waals surface area (Å²) < 4.78 is 5.40. The van der Waals surface area contributed by atoms with Crippen molar-refractivity contribution in [1.29, 1.82) is 0 Å². The molecule has 1 aliphatic heterocycles. The van der Waals surface area contributed by atoms with E-state index in [-0.39, 0.29) is 24.0 Å². The van der Waals surface area contributed by atoms with Crippen LogP contribution >= 0.6 is 35.3 Å². The zero-order valence-corrected chi connectivity index (χ0v) is 19.8. The summed E-state index contributed by atoms with van der Waals surface area (Å²) in [7, 11) is 0. The molecule has 0 atom stereocenters. The van der Waals surface area contributed by atoms with E-state index in [1.54, 1.807) is 11.3 Å². The molecule has 0 spiro atoms. The molecule has 6 nitrogen and oxygen atoms in total. The van der Waals surface area contributed by atoms with E-state index in [1.165, 1.54) is 4.88 Å². The van der Waals surface area contributed by atoms with Crippen molar-refractivity contribution in [2.45, 2.75) is 20.4 Å². The number of morpholine rings is 1. The number of aliphatic imine (C=N–C) groups is 1. The smallest absolute Gasteiger partial charge is 0.191 e. The summed E-state index contributed by atoms with van der Waals surface area (Å²) in [6.07, 6.45) is 0. The van der Waals surface area contributed by atoms with Crippen LogP contribution < -0.4 is 10.6 Å². The van der Waals surface area contributed by atoms with Crippen LogP contribution in [0.5, 0.6) is 0 Å². The van der Waals surface area contributed by atoms with E-state index in [1.807, 2.05) is 18.2 Å². The van der Waals surface area contributed by atoms with Gasteiger partial charge in [0.2, 0.25) is 0 Å². The second kappa shape index (κ2) is 12.4. The number of nitrogens with zero attached hydrogens (tertiary/aromatic N) is 3. The summed E-state index contributed by atoms with van der Waals surface area (Å²) in [5.41, 5.74) is 2.23. The highest BCUT2D eigenvalue weighted by Crippen LogP contribution is 2.28. The zero-order valence-electron chi connectivity index (χ0n) is 16.6. The average Bonchev–Trinajstić information content (AvgIpc) is 3.08. The molecule has 8 heteroatoms. The van der Waals surface area contributed by atoms with Crippen molar-refractivity contribution < 1.29 is 4.74 Å². The lowest BCUT2D eigenvalue weighted by molar-refractivity contribution is 0.0389. The third kappa shape index (κ3) is 6.98. The third-order valence-electron chi connectivity index (χ3n) is 4.46. The quantitative estimate of drug-likeness (QED) is 0.337. The van der Waals surface area contributed by atoms with Crippen molar-refractivity contribution in [2.24, 2.45) is 4.99 Å². The average molecular weight is 515 g/mol. The van der Waals surface area contributed by atoms with E-state index in [0.29, 0.717) is 6.54 Å². The predicted molar refractivity (Wildman–Crippen MR) is 128 cm³/mol. The Bertz CT molecular complexity index is 731. The first-order valence-electron chi connectivity index (χ1n) is 9.60. The first-order valence-corrected chi connectivity index (χ1v) is 10.4. The summed E-state index contributed by atoms with van der Waals surface area (Å²) in [6, 6.07) is 10.3. The van der Waals surface area contributed by atoms with Crippen LogP contribution in [-0.2, 0) is 11.3 Å². The summed E-state index contributed by atoms with van der Waals surface area (Å²) in [5.74, 6) is 0.861. The molecule has 0 radical (unpaired) electrons. The summed E-state index contributed by atoms with van der Waals surface area (Å²) in [6.45, 7) is 11.2. The van der Waals surface area contributed by atoms with Gasteiger partial charge in [0.15, 0.2) is 5.96 Å². The Morgan fingerprint density at radius 1 is 1.21 bits per heavy atom. The number of aromatic nitrogens is 1. The van der Waals surface area contributed by atoms with Gasteiger partial charge < -0.3 is 15.4 Å². The number of aryl methyl sites for hydroxylation is 1. The number of guanidine groups is 1. The molecule has 0 unspecified atom stereocenters. The van der Waals surface area contributed by atoms with E-state index in [9.17, 15) is 0 Å². The van der Waals surface area contributed by atoms with Crippen molar-refractivity contribution in [3.63, 3.8) is 0 Å². The molecule has 28 heavy (non-hydrogen) atoms. The molecule has 1 aliphatic rings. The van der Waals surface area contributed by atoms with Crippen LogP contribution in [0.4, 0.5) is 0 Å². The van der Waals surface area contributed by atoms with E-state index in [0.717, 1.165) is 68.2 Å². The standard InChI is InChI=1S/C20H29N5OS.HI/c1-3-21-20(22-9-10-25-11-13-26-14-12-25)23-15-18-16(2)24-19(27-18)17-7-5-4-6-8-17;/h4-8H,3,9-15H2,1-2H3,(H2,21,22,23);1H. The lowest BCUT2D eigenvalue weighted by atomic mass is 10.2. The molecule has 1 fully saturated rings. The first-order chi connectivity index (χ1) is 13.3. The first kappa shape index (κ1) is 23.1. The lowest BCUT2D eigenvalue weighted by Gasteiger charge is -2.26. The highest BCUT2D eigenvalue weighted by Gasteiger charge is 2.11. The van der Waals surface area contributed by atoms with E-state index >= 15 is 0 Å². The highest BCUT2D eigenvalue weighted by atomic mass is 127. The molecule has 0 saturated carbocycles. The maximum absolute atomic E-state index is 5.40. The van der Waals surface area contributed by atoms with Gasteiger partial charge in [0.25, 0.3) is 0 Å². The number of hydrogen-bond acceptors (Lipinski definition) is 5. The number of benzene rings is 1. The van der Waals surface area contributed by atoms with Crippen molar-refractivity contribution >= 4 is 41.3 Å². The molecular formula is C20H30IN5OS. The van der Waals surface area contributed by atoms with Crippen LogP contribution in [0.2, 0.25) is 0 Å². The van der Waals surface area contributed by atoms with Gasteiger partial charge in [-0.05, 0) is 13.8 Å². The van der Waals surface area contributed by atoms with Gasteiger partial charge >= 0.3 is 0 Å². The lowest BCUT2D eigenvalue weighted by Crippen LogP contribution is -2.44. The minimum Gasteiger partial charge on any atom is -0.379 e. The molecule has 1 aromatic carbocycles. The van der Waals surface area contributed by atoms with Crippen molar-refractivity contribution in [1.82, 2.24) is 20.5 Å². The molecule has 1 saturated heterocycles. The third-order valence-corrected chi connectivity index (χ3v) is 5.65. The van der Waals surface area contributed by atoms with Gasteiger partial charge in [-0.15, -0.1) is 35.3 Å². The van der Waals surface area contributed by atoms with Crippen LogP contribution in [0.3, 0.4) is 0 Å². The number of hydrogen-bond donors (Lipinski definition) is 2. The van der Waals surface area contributed by atoms with Gasteiger partial charge in [0.05, 0.1) is 25.5 Å². The van der Waals surface area contributed by atoms with E-state index < -0.39 is 0 Å². The molecule has 154 valence electrons. The molecular weight excluding hydrogens is 485 g/mol. The Morgan fingerprint density at radius 3 is 2.68 bits per heavy atom. The van der Waals surface area contributed by atoms with Gasteiger partial charge in [-0.1, -0.05) is 30.3 Å². The van der Waals surface area contributed by atoms with Crippen molar-refractivity contribution in [3.05, 3.63) is 40.9 Å². The molecule has 1 aromatic heterocycles. The maximum Gasteiger partial charge on any atom is 0.191 e. The van der Waals surface area contributed by atoms with Gasteiger partial charge in [-0.25, -0.2) is 9.98 Å². The molecule has 0 bridgehead atoms. The highest BCUT2D eigenvalue weighted by molar-refractivity contribution is 14.0. The Hall–Kier alpha value is -1.23. The molecule has 2 N–H and O–H groups in total. The maximum atomic E-state index is 5.40. The number of nitrogens with one attached hydrogen (secondary N) is 2. The molecule has 0 amide bonds. The normalized spacial score (nSPS) is 15.1. The molecule has 0 aliphatic carbocycles. The van der Waals surface area contributed by atoms with E-state index in [4.69, 9.17) is 14.7 Å². The fourth-order valence-corrected chi connectivity index (χ4v) is 3.92. The van der Waals surface area contributed by atoms with Gasteiger partial charge in [-0.3, -0.25) is 4.90 Å². The summed E-state index contributed by atoms with van der Waals surface area (Å²) >= 11 is 1.72. The van der Waals surface area contributed by atoms with Crippen LogP contribution in [0.15, 0.2) is 35.3 Å². The van der Waals surface area contributed by atoms with E-state index in [2.05, 4.69) is 41.5 Å². The molecule has 2 aromatic rings. The Kier molecular flexibility index (Phi) is 10.2. The second-order valence-corrected chi connectivity index (χ2v) is 7.55. The van der Waals surface area contributed by atoms with Crippen molar-refractivity contribution in [2.75, 3.05) is 45.9 Å². The minimum atomic E-state index is 0. The van der Waals surface area contributed by atoms with Gasteiger partial charge in [-0.2, -0.15) is 0 Å². The second-order valence-electron chi connectivity index (χ2n) is 6.47. The van der Waals surface area contributed by atoms with Crippen molar-refractivity contribution in [3.8, 4) is 10.6 Å². The Labute approximate surface area is 188 Å². The molecule has 3 rings (SSSR count). The van der Waals surface area contributed by atoms with Crippen LogP contribution in [0.25, 0.3) is 10.6 Å². The van der Waals surface area contributed by atoms with Gasteiger partial charge in [0, 0.05) is 43.2 Å². The SMILES string of the molecule is CCNC(=NCc1sc(-c2ccccc2)nc1C)NCCN1CCOCC1.I. The molecule has 2 heterocycles. The fraction of sp³-hybridized carbons (Fsp3) is 0.500. The largest absolute Gasteiger partial charge is 0.379 e. The van der Waals surface area contributed by atoms with Crippen LogP contribution in [-0.4, -0.2) is 61.8 Å². The van der Waals surface area contributed by atoms with Crippen LogP contribution in [0, 0.1) is 6.92 Å². The zero-order chi connectivity index (χ0) is 18.9.